The van der Waals surface area contributed by atoms with Gasteiger partial charge in [0.1, 0.15) is 0 Å². The molecule has 0 spiro atoms. The predicted octanol–water partition coefficient (Wildman–Crippen LogP) is 4.11. The molecule has 2 aromatic rings. The second-order valence-corrected chi connectivity index (χ2v) is 6.22. The first-order chi connectivity index (χ1) is 8.66. The fourth-order valence-corrected chi connectivity index (χ4v) is 3.15. The molecule has 1 aromatic carbocycles. The standard InChI is InChI=1S/C14H17BrN2S/c1-10(13-5-3-4-6-14(13)15)16-8-7-12-9-18-11(2)17-12/h3-6,9-10,16H,7-8H2,1-2H3. The summed E-state index contributed by atoms with van der Waals surface area (Å²) in [7, 11) is 0. The molecule has 2 nitrogen and oxygen atoms in total. The van der Waals surface area contributed by atoms with E-state index in [0.717, 1.165) is 22.4 Å². The van der Waals surface area contributed by atoms with Crippen molar-refractivity contribution in [3.8, 4) is 0 Å². The van der Waals surface area contributed by atoms with Crippen LogP contribution in [0.2, 0.25) is 0 Å². The van der Waals surface area contributed by atoms with Gasteiger partial charge in [-0.1, -0.05) is 34.1 Å². The Hall–Kier alpha value is -0.710. The lowest BCUT2D eigenvalue weighted by Gasteiger charge is -2.15. The molecule has 1 heterocycles. The van der Waals surface area contributed by atoms with Gasteiger partial charge in [0.2, 0.25) is 0 Å². The van der Waals surface area contributed by atoms with Crippen molar-refractivity contribution < 1.29 is 0 Å². The van der Waals surface area contributed by atoms with E-state index in [9.17, 15) is 0 Å². The molecule has 0 aliphatic rings. The first-order valence-electron chi connectivity index (χ1n) is 6.05. The molecule has 18 heavy (non-hydrogen) atoms. The Morgan fingerprint density at radius 3 is 2.83 bits per heavy atom. The predicted molar refractivity (Wildman–Crippen MR) is 81.1 cm³/mol. The molecule has 2 rings (SSSR count). The third kappa shape index (κ3) is 3.64. The second-order valence-electron chi connectivity index (χ2n) is 4.31. The number of nitrogens with zero attached hydrogens (tertiary/aromatic N) is 1. The lowest BCUT2D eigenvalue weighted by Crippen LogP contribution is -2.21. The first kappa shape index (κ1) is 13.7. The van der Waals surface area contributed by atoms with Crippen LogP contribution in [-0.2, 0) is 6.42 Å². The number of hydrogen-bond acceptors (Lipinski definition) is 3. The highest BCUT2D eigenvalue weighted by Gasteiger charge is 2.08. The van der Waals surface area contributed by atoms with E-state index < -0.39 is 0 Å². The summed E-state index contributed by atoms with van der Waals surface area (Å²) in [4.78, 5) is 4.47. The number of rotatable bonds is 5. The first-order valence-corrected chi connectivity index (χ1v) is 7.73. The van der Waals surface area contributed by atoms with Gasteiger partial charge < -0.3 is 5.32 Å². The van der Waals surface area contributed by atoms with Crippen molar-refractivity contribution in [2.24, 2.45) is 0 Å². The molecule has 0 fully saturated rings. The van der Waals surface area contributed by atoms with Crippen molar-refractivity contribution in [3.05, 3.63) is 50.4 Å². The van der Waals surface area contributed by atoms with E-state index in [0.29, 0.717) is 6.04 Å². The van der Waals surface area contributed by atoms with Gasteiger partial charge in [-0.05, 0) is 25.5 Å². The third-order valence-corrected chi connectivity index (χ3v) is 4.41. The number of benzene rings is 1. The van der Waals surface area contributed by atoms with Gasteiger partial charge in [0.25, 0.3) is 0 Å². The Morgan fingerprint density at radius 1 is 1.39 bits per heavy atom. The van der Waals surface area contributed by atoms with Crippen molar-refractivity contribution in [2.45, 2.75) is 26.3 Å². The fourth-order valence-electron chi connectivity index (χ4n) is 1.88. The lowest BCUT2D eigenvalue weighted by molar-refractivity contribution is 0.572. The summed E-state index contributed by atoms with van der Waals surface area (Å²) < 4.78 is 1.16. The minimum atomic E-state index is 0.348. The summed E-state index contributed by atoms with van der Waals surface area (Å²) in [6.07, 6.45) is 0.985. The number of nitrogens with one attached hydrogen (secondary N) is 1. The molecule has 0 aliphatic heterocycles. The number of aryl methyl sites for hydroxylation is 1. The number of aromatic nitrogens is 1. The minimum Gasteiger partial charge on any atom is -0.310 e. The molecule has 1 N–H and O–H groups in total. The van der Waals surface area contributed by atoms with Gasteiger partial charge in [-0.25, -0.2) is 4.98 Å². The van der Waals surface area contributed by atoms with Crippen LogP contribution in [0, 0.1) is 6.92 Å². The summed E-state index contributed by atoms with van der Waals surface area (Å²) in [6.45, 7) is 5.18. The molecule has 0 amide bonds. The van der Waals surface area contributed by atoms with E-state index in [1.165, 1.54) is 11.3 Å². The Kier molecular flexibility index (Phi) is 4.92. The molecular weight excluding hydrogens is 308 g/mol. The zero-order valence-corrected chi connectivity index (χ0v) is 13.0. The highest BCUT2D eigenvalue weighted by atomic mass is 79.9. The molecule has 1 unspecified atom stereocenters. The number of hydrogen-bond donors (Lipinski definition) is 1. The smallest absolute Gasteiger partial charge is 0.0897 e. The van der Waals surface area contributed by atoms with E-state index in [-0.39, 0.29) is 0 Å². The van der Waals surface area contributed by atoms with Crippen molar-refractivity contribution in [3.63, 3.8) is 0 Å². The molecule has 0 saturated carbocycles. The van der Waals surface area contributed by atoms with Gasteiger partial charge in [0, 0.05) is 28.9 Å². The third-order valence-electron chi connectivity index (χ3n) is 2.87. The molecule has 0 bridgehead atoms. The summed E-state index contributed by atoms with van der Waals surface area (Å²) in [5.74, 6) is 0. The Labute approximate surface area is 121 Å². The van der Waals surface area contributed by atoms with Crippen LogP contribution >= 0.6 is 27.3 Å². The summed E-state index contributed by atoms with van der Waals surface area (Å²) in [5, 5.41) is 6.81. The van der Waals surface area contributed by atoms with Crippen LogP contribution in [0.3, 0.4) is 0 Å². The molecule has 0 aliphatic carbocycles. The highest BCUT2D eigenvalue weighted by Crippen LogP contribution is 2.22. The number of halogens is 1. The van der Waals surface area contributed by atoms with Crippen molar-refractivity contribution in [1.29, 1.82) is 0 Å². The van der Waals surface area contributed by atoms with Crippen LogP contribution < -0.4 is 5.32 Å². The summed E-state index contributed by atoms with van der Waals surface area (Å²) in [6, 6.07) is 8.69. The normalized spacial score (nSPS) is 12.6. The Morgan fingerprint density at radius 2 is 2.17 bits per heavy atom. The number of thiazole rings is 1. The minimum absolute atomic E-state index is 0.348. The quantitative estimate of drug-likeness (QED) is 0.895. The van der Waals surface area contributed by atoms with Gasteiger partial charge in [-0.2, -0.15) is 0 Å². The van der Waals surface area contributed by atoms with Crippen LogP contribution in [0.4, 0.5) is 0 Å². The SMILES string of the molecule is Cc1nc(CCNC(C)c2ccccc2Br)cs1. The average Bonchev–Trinajstić information content (AvgIpc) is 2.75. The Bertz CT molecular complexity index is 510. The van der Waals surface area contributed by atoms with Gasteiger partial charge in [-0.3, -0.25) is 0 Å². The molecule has 96 valence electrons. The van der Waals surface area contributed by atoms with Crippen LogP contribution in [-0.4, -0.2) is 11.5 Å². The molecule has 1 aromatic heterocycles. The lowest BCUT2D eigenvalue weighted by atomic mass is 10.1. The topological polar surface area (TPSA) is 24.9 Å². The molecule has 0 saturated heterocycles. The van der Waals surface area contributed by atoms with Crippen LogP contribution in [0.15, 0.2) is 34.1 Å². The van der Waals surface area contributed by atoms with E-state index in [1.807, 2.05) is 13.0 Å². The highest BCUT2D eigenvalue weighted by molar-refractivity contribution is 9.10. The van der Waals surface area contributed by atoms with Gasteiger partial charge in [0.05, 0.1) is 10.7 Å². The fraction of sp³-hybridized carbons (Fsp3) is 0.357. The van der Waals surface area contributed by atoms with E-state index in [4.69, 9.17) is 0 Å². The zero-order chi connectivity index (χ0) is 13.0. The van der Waals surface area contributed by atoms with Crippen molar-refractivity contribution >= 4 is 27.3 Å². The van der Waals surface area contributed by atoms with E-state index in [2.05, 4.69) is 56.7 Å². The zero-order valence-electron chi connectivity index (χ0n) is 10.6. The molecule has 1 atom stereocenters. The Balaban J connectivity index is 1.85. The molecular formula is C14H17BrN2S. The largest absolute Gasteiger partial charge is 0.310 e. The van der Waals surface area contributed by atoms with E-state index in [1.54, 1.807) is 11.3 Å². The maximum atomic E-state index is 4.47. The monoisotopic (exact) mass is 324 g/mol. The molecule has 0 radical (unpaired) electrons. The van der Waals surface area contributed by atoms with Crippen LogP contribution in [0.1, 0.15) is 29.2 Å². The summed E-state index contributed by atoms with van der Waals surface area (Å²) >= 11 is 5.30. The van der Waals surface area contributed by atoms with Crippen molar-refractivity contribution in [2.75, 3.05) is 6.54 Å². The maximum absolute atomic E-state index is 4.47. The maximum Gasteiger partial charge on any atom is 0.0897 e. The van der Waals surface area contributed by atoms with Crippen molar-refractivity contribution in [1.82, 2.24) is 10.3 Å². The van der Waals surface area contributed by atoms with Crippen LogP contribution in [0.25, 0.3) is 0 Å². The van der Waals surface area contributed by atoms with Gasteiger partial charge >= 0.3 is 0 Å². The van der Waals surface area contributed by atoms with Gasteiger partial charge in [0.15, 0.2) is 0 Å². The second kappa shape index (κ2) is 6.45. The van der Waals surface area contributed by atoms with E-state index >= 15 is 0 Å². The average molecular weight is 325 g/mol. The van der Waals surface area contributed by atoms with Crippen LogP contribution in [0.5, 0.6) is 0 Å². The molecule has 4 heteroatoms. The summed E-state index contributed by atoms with van der Waals surface area (Å²) in [5.41, 5.74) is 2.48. The van der Waals surface area contributed by atoms with Gasteiger partial charge in [-0.15, -0.1) is 11.3 Å².